The van der Waals surface area contributed by atoms with E-state index >= 15 is 0 Å². The predicted molar refractivity (Wildman–Crippen MR) is 67.6 cm³/mol. The summed E-state index contributed by atoms with van der Waals surface area (Å²) in [7, 11) is 0. The van der Waals surface area contributed by atoms with Crippen molar-refractivity contribution in [2.45, 2.75) is 25.3 Å². The fraction of sp³-hybridized carbons (Fsp3) is 0.417. The fourth-order valence-corrected chi connectivity index (χ4v) is 2.10. The summed E-state index contributed by atoms with van der Waals surface area (Å²) in [6.07, 6.45) is 2.63. The third kappa shape index (κ3) is 3.17. The molecular formula is C12H16ClFN2O. The van der Waals surface area contributed by atoms with E-state index in [1.165, 1.54) is 6.07 Å². The quantitative estimate of drug-likeness (QED) is 0.855. The Labute approximate surface area is 106 Å². The van der Waals surface area contributed by atoms with Crippen LogP contribution >= 0.6 is 12.4 Å². The molecular weight excluding hydrogens is 243 g/mol. The molecule has 2 unspecified atom stereocenters. The van der Waals surface area contributed by atoms with Gasteiger partial charge in [-0.3, -0.25) is 4.79 Å². The Morgan fingerprint density at radius 3 is 2.65 bits per heavy atom. The molecule has 1 saturated carbocycles. The van der Waals surface area contributed by atoms with Gasteiger partial charge < -0.3 is 11.1 Å². The minimum Gasteiger partial charge on any atom is -0.327 e. The maximum Gasteiger partial charge on any atom is 0.229 e. The number of para-hydroxylation sites is 1. The lowest BCUT2D eigenvalue weighted by Crippen LogP contribution is -2.34. The summed E-state index contributed by atoms with van der Waals surface area (Å²) >= 11 is 0. The highest BCUT2D eigenvalue weighted by Gasteiger charge is 2.30. The molecule has 2 rings (SSSR count). The van der Waals surface area contributed by atoms with Gasteiger partial charge in [0.25, 0.3) is 0 Å². The number of carbonyl (C=O) groups is 1. The van der Waals surface area contributed by atoms with Gasteiger partial charge in [-0.2, -0.15) is 0 Å². The molecule has 1 aliphatic carbocycles. The summed E-state index contributed by atoms with van der Waals surface area (Å²) in [5, 5.41) is 2.59. The standard InChI is InChI=1S/C12H15FN2O.ClH/c13-9-5-1-2-7-11(9)15-12(16)8-4-3-6-10(8)14;/h1-2,5,7-8,10H,3-4,6,14H2,(H,15,16);1H. The number of nitrogens with one attached hydrogen (secondary N) is 1. The molecule has 1 aromatic carbocycles. The van der Waals surface area contributed by atoms with Crippen LogP contribution in [0.3, 0.4) is 0 Å². The zero-order valence-corrected chi connectivity index (χ0v) is 10.2. The van der Waals surface area contributed by atoms with E-state index in [2.05, 4.69) is 5.32 Å². The Bertz CT molecular complexity index is 400. The van der Waals surface area contributed by atoms with Crippen LogP contribution in [0, 0.1) is 11.7 Å². The molecule has 1 amide bonds. The number of benzene rings is 1. The van der Waals surface area contributed by atoms with Gasteiger partial charge in [-0.25, -0.2) is 4.39 Å². The number of amides is 1. The van der Waals surface area contributed by atoms with Crippen molar-refractivity contribution in [1.29, 1.82) is 0 Å². The van der Waals surface area contributed by atoms with Crippen LogP contribution < -0.4 is 11.1 Å². The molecule has 94 valence electrons. The molecule has 0 aliphatic heterocycles. The van der Waals surface area contributed by atoms with Crippen molar-refractivity contribution in [3.8, 4) is 0 Å². The van der Waals surface area contributed by atoms with Crippen molar-refractivity contribution in [2.75, 3.05) is 5.32 Å². The number of hydrogen-bond acceptors (Lipinski definition) is 2. The topological polar surface area (TPSA) is 55.1 Å². The van der Waals surface area contributed by atoms with Crippen molar-refractivity contribution < 1.29 is 9.18 Å². The van der Waals surface area contributed by atoms with E-state index in [1.54, 1.807) is 18.2 Å². The zero-order chi connectivity index (χ0) is 11.5. The smallest absolute Gasteiger partial charge is 0.229 e. The maximum atomic E-state index is 13.3. The normalized spacial score (nSPS) is 22.9. The lowest BCUT2D eigenvalue weighted by Gasteiger charge is -2.15. The van der Waals surface area contributed by atoms with E-state index in [0.29, 0.717) is 0 Å². The first-order chi connectivity index (χ1) is 7.68. The van der Waals surface area contributed by atoms with Crippen LogP contribution in [-0.4, -0.2) is 11.9 Å². The van der Waals surface area contributed by atoms with Crippen LogP contribution in [0.5, 0.6) is 0 Å². The van der Waals surface area contributed by atoms with Gasteiger partial charge in [0.2, 0.25) is 5.91 Å². The second kappa shape index (κ2) is 5.98. The first-order valence-electron chi connectivity index (χ1n) is 5.49. The molecule has 1 fully saturated rings. The third-order valence-electron chi connectivity index (χ3n) is 3.04. The van der Waals surface area contributed by atoms with Crippen molar-refractivity contribution in [3.05, 3.63) is 30.1 Å². The van der Waals surface area contributed by atoms with Crippen molar-refractivity contribution >= 4 is 24.0 Å². The summed E-state index contributed by atoms with van der Waals surface area (Å²) in [5.74, 6) is -0.767. The number of anilines is 1. The maximum absolute atomic E-state index is 13.3. The van der Waals surface area contributed by atoms with Gasteiger partial charge in [0.15, 0.2) is 0 Å². The number of halogens is 2. The second-order valence-corrected chi connectivity index (χ2v) is 4.17. The molecule has 0 heterocycles. The van der Waals surface area contributed by atoms with E-state index in [-0.39, 0.29) is 36.0 Å². The minimum absolute atomic E-state index is 0. The van der Waals surface area contributed by atoms with Crippen molar-refractivity contribution in [2.24, 2.45) is 11.7 Å². The Kier molecular flexibility index (Phi) is 4.90. The van der Waals surface area contributed by atoms with E-state index < -0.39 is 5.82 Å². The molecule has 0 radical (unpaired) electrons. The van der Waals surface area contributed by atoms with Crippen LogP contribution in [-0.2, 0) is 4.79 Å². The second-order valence-electron chi connectivity index (χ2n) is 4.17. The van der Waals surface area contributed by atoms with Crippen LogP contribution in [0.1, 0.15) is 19.3 Å². The highest BCUT2D eigenvalue weighted by molar-refractivity contribution is 5.93. The van der Waals surface area contributed by atoms with Gasteiger partial charge in [-0.1, -0.05) is 18.6 Å². The number of carbonyl (C=O) groups excluding carboxylic acids is 1. The third-order valence-corrected chi connectivity index (χ3v) is 3.04. The molecule has 17 heavy (non-hydrogen) atoms. The van der Waals surface area contributed by atoms with E-state index in [1.807, 2.05) is 0 Å². The zero-order valence-electron chi connectivity index (χ0n) is 9.36. The summed E-state index contributed by atoms with van der Waals surface area (Å²) in [5.41, 5.74) is 6.05. The first kappa shape index (κ1) is 13.9. The molecule has 2 atom stereocenters. The number of hydrogen-bond donors (Lipinski definition) is 2. The van der Waals surface area contributed by atoms with Gasteiger partial charge in [-0.05, 0) is 25.0 Å². The van der Waals surface area contributed by atoms with Gasteiger partial charge in [0.05, 0.1) is 11.6 Å². The van der Waals surface area contributed by atoms with Crippen molar-refractivity contribution in [3.63, 3.8) is 0 Å². The molecule has 1 aromatic rings. The average Bonchev–Trinajstić information content (AvgIpc) is 2.68. The van der Waals surface area contributed by atoms with Crippen LogP contribution in [0.15, 0.2) is 24.3 Å². The molecule has 3 N–H and O–H groups in total. The minimum atomic E-state index is -0.414. The molecule has 0 spiro atoms. The number of nitrogens with two attached hydrogens (primary N) is 1. The Morgan fingerprint density at radius 1 is 1.35 bits per heavy atom. The lowest BCUT2D eigenvalue weighted by atomic mass is 10.0. The molecule has 0 saturated heterocycles. The fourth-order valence-electron chi connectivity index (χ4n) is 2.10. The Balaban J connectivity index is 0.00000144. The predicted octanol–water partition coefficient (Wildman–Crippen LogP) is 2.31. The highest BCUT2D eigenvalue weighted by atomic mass is 35.5. The van der Waals surface area contributed by atoms with Gasteiger partial charge in [0, 0.05) is 6.04 Å². The Hall–Kier alpha value is -1.13. The first-order valence-corrected chi connectivity index (χ1v) is 5.49. The molecule has 5 heteroatoms. The van der Waals surface area contributed by atoms with Crippen LogP contribution in [0.2, 0.25) is 0 Å². The summed E-state index contributed by atoms with van der Waals surface area (Å²) < 4.78 is 13.3. The summed E-state index contributed by atoms with van der Waals surface area (Å²) in [6.45, 7) is 0. The molecule has 0 bridgehead atoms. The van der Waals surface area contributed by atoms with Crippen molar-refractivity contribution in [1.82, 2.24) is 0 Å². The monoisotopic (exact) mass is 258 g/mol. The Morgan fingerprint density at radius 2 is 2.06 bits per heavy atom. The van der Waals surface area contributed by atoms with E-state index in [4.69, 9.17) is 5.73 Å². The SMILES string of the molecule is Cl.NC1CCCC1C(=O)Nc1ccccc1F. The molecule has 1 aliphatic rings. The van der Waals surface area contributed by atoms with E-state index in [0.717, 1.165) is 19.3 Å². The summed E-state index contributed by atoms with van der Waals surface area (Å²) in [4.78, 5) is 11.8. The van der Waals surface area contributed by atoms with Gasteiger partial charge >= 0.3 is 0 Å². The van der Waals surface area contributed by atoms with E-state index in [9.17, 15) is 9.18 Å². The molecule has 3 nitrogen and oxygen atoms in total. The number of rotatable bonds is 2. The summed E-state index contributed by atoms with van der Waals surface area (Å²) in [6, 6.07) is 6.06. The average molecular weight is 259 g/mol. The van der Waals surface area contributed by atoms with Gasteiger partial charge in [0.1, 0.15) is 5.82 Å². The highest BCUT2D eigenvalue weighted by Crippen LogP contribution is 2.25. The largest absolute Gasteiger partial charge is 0.327 e. The molecule has 0 aromatic heterocycles. The van der Waals surface area contributed by atoms with Crippen LogP contribution in [0.25, 0.3) is 0 Å². The lowest BCUT2D eigenvalue weighted by molar-refractivity contribution is -0.120. The van der Waals surface area contributed by atoms with Gasteiger partial charge in [-0.15, -0.1) is 12.4 Å². The van der Waals surface area contributed by atoms with Crippen LogP contribution in [0.4, 0.5) is 10.1 Å².